The number of nitriles is 1. The largest absolute Gasteiger partial charge is 0.273 e. The normalized spacial score (nSPS) is 11.5. The summed E-state index contributed by atoms with van der Waals surface area (Å²) in [6, 6.07) is 8.34. The summed E-state index contributed by atoms with van der Waals surface area (Å²) in [6.07, 6.45) is 0.902. The Morgan fingerprint density at radius 3 is 2.29 bits per heavy atom. The Bertz CT molecular complexity index is 388. The van der Waals surface area contributed by atoms with E-state index in [-0.39, 0.29) is 17.9 Å². The Balaban J connectivity index is 2.76. The smallest absolute Gasteiger partial charge is 0.201 e. The first-order valence-electron chi connectivity index (χ1n) is 5.80. The Hall–Kier alpha value is -1.43. The quantitative estimate of drug-likeness (QED) is 0.749. The molecule has 1 rings (SSSR count). The molecule has 0 aliphatic rings. The predicted molar refractivity (Wildman–Crippen MR) is 63.7 cm³/mol. The lowest BCUT2D eigenvalue weighted by atomic mass is 9.97. The molecule has 0 bridgehead atoms. The van der Waals surface area contributed by atoms with Gasteiger partial charge in [-0.15, -0.1) is 0 Å². The SMILES string of the molecule is CC(C)CC(F)(F)c1ccc(CCC#N)cc1. The third-order valence-electron chi connectivity index (χ3n) is 2.57. The Kier molecular flexibility index (Phi) is 4.62. The minimum atomic E-state index is -2.76. The number of alkyl halides is 2. The van der Waals surface area contributed by atoms with Gasteiger partial charge in [0.25, 0.3) is 5.92 Å². The lowest BCUT2D eigenvalue weighted by Gasteiger charge is -2.19. The van der Waals surface area contributed by atoms with Gasteiger partial charge >= 0.3 is 0 Å². The van der Waals surface area contributed by atoms with E-state index in [9.17, 15) is 8.78 Å². The van der Waals surface area contributed by atoms with Crippen LogP contribution in [0.3, 0.4) is 0 Å². The van der Waals surface area contributed by atoms with Gasteiger partial charge in [0.15, 0.2) is 0 Å². The van der Waals surface area contributed by atoms with Crippen LogP contribution < -0.4 is 0 Å². The summed E-state index contributed by atoms with van der Waals surface area (Å²) in [7, 11) is 0. The highest BCUT2D eigenvalue weighted by Crippen LogP contribution is 2.34. The van der Waals surface area contributed by atoms with E-state index < -0.39 is 5.92 Å². The molecule has 0 saturated heterocycles. The Morgan fingerprint density at radius 1 is 1.24 bits per heavy atom. The standard InChI is InChI=1S/C14H17F2N/c1-11(2)10-14(15,16)13-7-5-12(6-8-13)4-3-9-17/h5-8,11H,3-4,10H2,1-2H3. The minimum absolute atomic E-state index is 0.0386. The summed E-state index contributed by atoms with van der Waals surface area (Å²) in [6.45, 7) is 3.57. The van der Waals surface area contributed by atoms with Crippen LogP contribution >= 0.6 is 0 Å². The van der Waals surface area contributed by atoms with Gasteiger partial charge in [0.1, 0.15) is 0 Å². The molecule has 1 aromatic rings. The van der Waals surface area contributed by atoms with E-state index in [1.165, 1.54) is 12.1 Å². The first-order chi connectivity index (χ1) is 7.95. The summed E-state index contributed by atoms with van der Waals surface area (Å²) < 4.78 is 27.5. The highest BCUT2D eigenvalue weighted by atomic mass is 19.3. The molecule has 0 aliphatic heterocycles. The van der Waals surface area contributed by atoms with Crippen molar-refractivity contribution in [2.75, 3.05) is 0 Å². The number of rotatable bonds is 5. The average Bonchev–Trinajstić information content (AvgIpc) is 2.25. The molecule has 92 valence electrons. The number of benzene rings is 1. The van der Waals surface area contributed by atoms with Crippen molar-refractivity contribution >= 4 is 0 Å². The van der Waals surface area contributed by atoms with Crippen molar-refractivity contribution < 1.29 is 8.78 Å². The lowest BCUT2D eigenvalue weighted by Crippen LogP contribution is -2.16. The van der Waals surface area contributed by atoms with Crippen LogP contribution in [0.15, 0.2) is 24.3 Å². The molecule has 0 N–H and O–H groups in total. The van der Waals surface area contributed by atoms with Crippen LogP contribution in [0, 0.1) is 17.2 Å². The molecular formula is C14H17F2N. The van der Waals surface area contributed by atoms with Crippen molar-refractivity contribution in [2.24, 2.45) is 5.92 Å². The van der Waals surface area contributed by atoms with Crippen LogP contribution in [0.25, 0.3) is 0 Å². The van der Waals surface area contributed by atoms with Crippen LogP contribution in [0.2, 0.25) is 0 Å². The number of hydrogen-bond donors (Lipinski definition) is 0. The molecule has 1 aromatic carbocycles. The fourth-order valence-electron chi connectivity index (χ4n) is 1.75. The molecule has 0 aromatic heterocycles. The summed E-state index contributed by atoms with van der Waals surface area (Å²) in [5, 5.41) is 8.44. The van der Waals surface area contributed by atoms with Crippen molar-refractivity contribution in [1.29, 1.82) is 5.26 Å². The molecule has 0 spiro atoms. The van der Waals surface area contributed by atoms with E-state index in [1.807, 2.05) is 6.07 Å². The van der Waals surface area contributed by atoms with Gasteiger partial charge in [-0.3, -0.25) is 0 Å². The fraction of sp³-hybridized carbons (Fsp3) is 0.500. The molecule has 0 heterocycles. The molecule has 0 atom stereocenters. The second-order valence-electron chi connectivity index (χ2n) is 4.66. The highest BCUT2D eigenvalue weighted by molar-refractivity contribution is 5.26. The van der Waals surface area contributed by atoms with Gasteiger partial charge in [-0.05, 0) is 17.9 Å². The third-order valence-corrected chi connectivity index (χ3v) is 2.57. The summed E-state index contributed by atoms with van der Waals surface area (Å²) in [4.78, 5) is 0. The average molecular weight is 237 g/mol. The van der Waals surface area contributed by atoms with Gasteiger partial charge in [0.2, 0.25) is 0 Å². The molecule has 0 saturated carbocycles. The van der Waals surface area contributed by atoms with Crippen molar-refractivity contribution in [3.05, 3.63) is 35.4 Å². The molecule has 0 unspecified atom stereocenters. The summed E-state index contributed by atoms with van der Waals surface area (Å²) in [5.74, 6) is -2.80. The van der Waals surface area contributed by atoms with Gasteiger partial charge in [0, 0.05) is 18.4 Å². The Labute approximate surface area is 101 Å². The number of halogens is 2. The van der Waals surface area contributed by atoms with E-state index in [4.69, 9.17) is 5.26 Å². The summed E-state index contributed by atoms with van der Waals surface area (Å²) in [5.41, 5.74) is 0.988. The van der Waals surface area contributed by atoms with Crippen LogP contribution in [-0.2, 0) is 12.3 Å². The number of hydrogen-bond acceptors (Lipinski definition) is 1. The van der Waals surface area contributed by atoms with Crippen molar-refractivity contribution in [1.82, 2.24) is 0 Å². The number of nitrogens with zero attached hydrogens (tertiary/aromatic N) is 1. The van der Waals surface area contributed by atoms with Gasteiger partial charge in [-0.2, -0.15) is 5.26 Å². The Morgan fingerprint density at radius 2 is 1.82 bits per heavy atom. The second-order valence-corrected chi connectivity index (χ2v) is 4.66. The zero-order valence-corrected chi connectivity index (χ0v) is 10.2. The van der Waals surface area contributed by atoms with Crippen LogP contribution in [0.5, 0.6) is 0 Å². The fourth-order valence-corrected chi connectivity index (χ4v) is 1.75. The number of aryl methyl sites for hydroxylation is 1. The first-order valence-corrected chi connectivity index (χ1v) is 5.80. The molecule has 0 aliphatic carbocycles. The van der Waals surface area contributed by atoms with Crippen molar-refractivity contribution in [3.63, 3.8) is 0 Å². The van der Waals surface area contributed by atoms with Gasteiger partial charge in [-0.25, -0.2) is 8.78 Å². The van der Waals surface area contributed by atoms with Crippen LogP contribution in [-0.4, -0.2) is 0 Å². The maximum Gasteiger partial charge on any atom is 0.273 e. The molecule has 3 heteroatoms. The maximum atomic E-state index is 13.7. The zero-order chi connectivity index (χ0) is 12.9. The van der Waals surface area contributed by atoms with Crippen LogP contribution in [0.1, 0.15) is 37.8 Å². The monoisotopic (exact) mass is 237 g/mol. The van der Waals surface area contributed by atoms with E-state index >= 15 is 0 Å². The van der Waals surface area contributed by atoms with E-state index in [1.54, 1.807) is 26.0 Å². The van der Waals surface area contributed by atoms with Gasteiger partial charge in [-0.1, -0.05) is 38.1 Å². The van der Waals surface area contributed by atoms with Crippen molar-refractivity contribution in [2.45, 2.75) is 39.0 Å². The van der Waals surface area contributed by atoms with E-state index in [0.29, 0.717) is 12.8 Å². The van der Waals surface area contributed by atoms with Gasteiger partial charge in [0.05, 0.1) is 6.07 Å². The second kappa shape index (κ2) is 5.77. The lowest BCUT2D eigenvalue weighted by molar-refractivity contribution is -0.0249. The molecular weight excluding hydrogens is 220 g/mol. The first kappa shape index (κ1) is 13.6. The molecule has 0 radical (unpaired) electrons. The van der Waals surface area contributed by atoms with Crippen molar-refractivity contribution in [3.8, 4) is 6.07 Å². The highest BCUT2D eigenvalue weighted by Gasteiger charge is 2.31. The molecule has 0 fully saturated rings. The summed E-state index contributed by atoms with van der Waals surface area (Å²) >= 11 is 0. The minimum Gasteiger partial charge on any atom is -0.201 e. The zero-order valence-electron chi connectivity index (χ0n) is 10.2. The molecule has 1 nitrogen and oxygen atoms in total. The molecule has 0 amide bonds. The topological polar surface area (TPSA) is 23.8 Å². The van der Waals surface area contributed by atoms with Gasteiger partial charge < -0.3 is 0 Å². The third kappa shape index (κ3) is 4.14. The van der Waals surface area contributed by atoms with E-state index in [2.05, 4.69) is 0 Å². The molecule has 17 heavy (non-hydrogen) atoms. The van der Waals surface area contributed by atoms with Crippen LogP contribution in [0.4, 0.5) is 8.78 Å². The maximum absolute atomic E-state index is 13.7. The van der Waals surface area contributed by atoms with E-state index in [0.717, 1.165) is 5.56 Å². The predicted octanol–water partition coefficient (Wildman–Crippen LogP) is 4.28.